The van der Waals surface area contributed by atoms with Crippen molar-refractivity contribution < 1.29 is 54.2 Å². The number of carboxylic acid groups (broad SMARTS) is 2. The molecule has 12 nitrogen and oxygen atoms in total. The van der Waals surface area contributed by atoms with E-state index >= 15 is 0 Å². The Hall–Kier alpha value is -2.28. The van der Waals surface area contributed by atoms with Crippen molar-refractivity contribution in [3.05, 3.63) is 0 Å². The van der Waals surface area contributed by atoms with E-state index in [0.717, 1.165) is 6.92 Å². The summed E-state index contributed by atoms with van der Waals surface area (Å²) >= 11 is 0. The van der Waals surface area contributed by atoms with Crippen LogP contribution >= 0.6 is 0 Å². The molecule has 0 radical (unpaired) electrons. The molecule has 1 heterocycles. The number of aliphatic hydroxyl groups excluding tert-OH is 3. The Morgan fingerprint density at radius 3 is 2.33 bits per heavy atom. The first-order chi connectivity index (χ1) is 12.5. The highest BCUT2D eigenvalue weighted by molar-refractivity contribution is 5.76. The van der Waals surface area contributed by atoms with Crippen LogP contribution in [0.2, 0.25) is 0 Å². The maximum atomic E-state index is 11.4. The number of aliphatic hydroxyl groups is 3. The summed E-state index contributed by atoms with van der Waals surface area (Å²) in [5.41, 5.74) is 0. The third kappa shape index (κ3) is 7.09. The molecule has 1 aliphatic heterocycles. The number of carboxylic acids is 2. The third-order valence-corrected chi connectivity index (χ3v) is 3.88. The molecule has 0 aromatic heterocycles. The van der Waals surface area contributed by atoms with Gasteiger partial charge in [0, 0.05) is 13.3 Å². The average molecular weight is 393 g/mol. The number of carbonyl (C=O) groups is 4. The lowest BCUT2D eigenvalue weighted by Gasteiger charge is -2.41. The van der Waals surface area contributed by atoms with Gasteiger partial charge in [0.2, 0.25) is 5.91 Å². The first-order valence-corrected chi connectivity index (χ1v) is 8.10. The molecular weight excluding hydrogens is 370 g/mol. The van der Waals surface area contributed by atoms with E-state index in [0.29, 0.717) is 0 Å². The molecule has 1 rings (SSSR count). The SMILES string of the molecule is CC(=O)N[C@H]1C([C@H](O)[C@H](O)COC(=O)CCC(=O)O)OC(C(=O)O)C[C@@H]1O. The minimum Gasteiger partial charge on any atom is -0.481 e. The number of esters is 1. The van der Waals surface area contributed by atoms with Gasteiger partial charge in [0.15, 0.2) is 6.10 Å². The van der Waals surface area contributed by atoms with Crippen LogP contribution in [0.3, 0.4) is 0 Å². The summed E-state index contributed by atoms with van der Waals surface area (Å²) in [6.07, 6.45) is -9.14. The van der Waals surface area contributed by atoms with Crippen molar-refractivity contribution in [2.75, 3.05) is 6.61 Å². The highest BCUT2D eigenvalue weighted by atomic mass is 16.6. The zero-order valence-electron chi connectivity index (χ0n) is 14.5. The molecule has 0 aromatic rings. The van der Waals surface area contributed by atoms with Gasteiger partial charge in [0.1, 0.15) is 24.9 Å². The number of hydrogen-bond acceptors (Lipinski definition) is 9. The predicted octanol–water partition coefficient (Wildman–Crippen LogP) is -2.78. The van der Waals surface area contributed by atoms with E-state index in [2.05, 4.69) is 10.1 Å². The molecule has 12 heteroatoms. The first-order valence-electron chi connectivity index (χ1n) is 8.10. The molecule has 6 N–H and O–H groups in total. The van der Waals surface area contributed by atoms with Crippen LogP contribution in [0.15, 0.2) is 0 Å². The normalized spacial score (nSPS) is 27.3. The summed E-state index contributed by atoms with van der Waals surface area (Å²) in [5.74, 6) is -4.12. The van der Waals surface area contributed by atoms with Crippen molar-refractivity contribution in [3.8, 4) is 0 Å². The van der Waals surface area contributed by atoms with Crippen LogP contribution in [0.4, 0.5) is 0 Å². The molecule has 1 fully saturated rings. The molecule has 0 spiro atoms. The fraction of sp³-hybridized carbons (Fsp3) is 0.733. The zero-order chi connectivity index (χ0) is 20.7. The maximum absolute atomic E-state index is 11.4. The topological polar surface area (TPSA) is 200 Å². The van der Waals surface area contributed by atoms with Gasteiger partial charge in [-0.15, -0.1) is 0 Å². The molecule has 1 saturated heterocycles. The van der Waals surface area contributed by atoms with Crippen LogP contribution in [-0.4, -0.2) is 92.5 Å². The Balaban J connectivity index is 2.76. The second-order valence-corrected chi connectivity index (χ2v) is 6.09. The fourth-order valence-corrected chi connectivity index (χ4v) is 2.56. The largest absolute Gasteiger partial charge is 0.481 e. The molecule has 154 valence electrons. The van der Waals surface area contributed by atoms with E-state index in [1.165, 1.54) is 0 Å². The Labute approximate surface area is 153 Å². The van der Waals surface area contributed by atoms with Gasteiger partial charge in [-0.25, -0.2) is 4.79 Å². The molecule has 27 heavy (non-hydrogen) atoms. The summed E-state index contributed by atoms with van der Waals surface area (Å²) < 4.78 is 9.85. The summed E-state index contributed by atoms with van der Waals surface area (Å²) in [7, 11) is 0. The third-order valence-electron chi connectivity index (χ3n) is 3.88. The van der Waals surface area contributed by atoms with Crippen molar-refractivity contribution in [1.29, 1.82) is 0 Å². The van der Waals surface area contributed by atoms with Crippen molar-refractivity contribution in [3.63, 3.8) is 0 Å². The fourth-order valence-electron chi connectivity index (χ4n) is 2.56. The van der Waals surface area contributed by atoms with E-state index < -0.39 is 79.8 Å². The van der Waals surface area contributed by atoms with E-state index in [-0.39, 0.29) is 6.42 Å². The molecule has 6 atom stereocenters. The average Bonchev–Trinajstić information content (AvgIpc) is 2.58. The number of aliphatic carboxylic acids is 2. The Morgan fingerprint density at radius 2 is 1.81 bits per heavy atom. The van der Waals surface area contributed by atoms with Crippen LogP contribution in [0.25, 0.3) is 0 Å². The van der Waals surface area contributed by atoms with Crippen molar-refractivity contribution in [2.24, 2.45) is 0 Å². The summed E-state index contributed by atoms with van der Waals surface area (Å²) in [4.78, 5) is 44.2. The van der Waals surface area contributed by atoms with Gasteiger partial charge in [-0.1, -0.05) is 0 Å². The van der Waals surface area contributed by atoms with Crippen molar-refractivity contribution >= 4 is 23.8 Å². The van der Waals surface area contributed by atoms with Gasteiger partial charge < -0.3 is 40.3 Å². The molecule has 1 aliphatic rings. The predicted molar refractivity (Wildman–Crippen MR) is 84.4 cm³/mol. The van der Waals surface area contributed by atoms with Gasteiger partial charge in [-0.05, 0) is 0 Å². The standard InChI is InChI=1S/C15H23NO11/c1-6(17)16-12-7(18)4-9(15(24)25)27-14(12)13(23)8(19)5-26-11(22)3-2-10(20)21/h7-9,12-14,18-19,23H,2-5H2,1H3,(H,16,17)(H,20,21)(H,24,25)/t7-,8+,9?,12+,13+,14?/m0/s1. The lowest BCUT2D eigenvalue weighted by molar-refractivity contribution is -0.197. The number of ether oxygens (including phenoxy) is 2. The molecule has 0 bridgehead atoms. The molecule has 0 aromatic carbocycles. The number of rotatable bonds is 9. The van der Waals surface area contributed by atoms with E-state index in [1.54, 1.807) is 0 Å². The lowest BCUT2D eigenvalue weighted by atomic mass is 9.90. The molecule has 2 unspecified atom stereocenters. The summed E-state index contributed by atoms with van der Waals surface area (Å²) in [5, 5.41) is 50.2. The number of hydrogen-bond donors (Lipinski definition) is 6. The van der Waals surface area contributed by atoms with Crippen LogP contribution in [0.1, 0.15) is 26.2 Å². The van der Waals surface area contributed by atoms with Crippen LogP contribution < -0.4 is 5.32 Å². The highest BCUT2D eigenvalue weighted by Gasteiger charge is 2.46. The van der Waals surface area contributed by atoms with Gasteiger partial charge in [-0.3, -0.25) is 14.4 Å². The Morgan fingerprint density at radius 1 is 1.19 bits per heavy atom. The summed E-state index contributed by atoms with van der Waals surface area (Å²) in [6, 6.07) is -1.20. The second-order valence-electron chi connectivity index (χ2n) is 6.09. The van der Waals surface area contributed by atoms with E-state index in [9.17, 15) is 34.5 Å². The quantitative estimate of drug-likeness (QED) is 0.221. The van der Waals surface area contributed by atoms with Crippen LogP contribution in [-0.2, 0) is 28.7 Å². The first kappa shape index (κ1) is 22.8. The number of amides is 1. The lowest BCUT2D eigenvalue weighted by Crippen LogP contribution is -2.63. The molecule has 0 aliphatic carbocycles. The van der Waals surface area contributed by atoms with Crippen LogP contribution in [0.5, 0.6) is 0 Å². The minimum atomic E-state index is -1.81. The van der Waals surface area contributed by atoms with Crippen molar-refractivity contribution in [1.82, 2.24) is 5.32 Å². The highest BCUT2D eigenvalue weighted by Crippen LogP contribution is 2.24. The smallest absolute Gasteiger partial charge is 0.332 e. The number of nitrogens with one attached hydrogen (secondary N) is 1. The Kier molecular flexibility index (Phi) is 8.56. The molecule has 1 amide bonds. The van der Waals surface area contributed by atoms with Crippen LogP contribution in [0, 0.1) is 0 Å². The summed E-state index contributed by atoms with van der Waals surface area (Å²) in [6.45, 7) is 0.417. The van der Waals surface area contributed by atoms with Crippen molar-refractivity contribution in [2.45, 2.75) is 62.7 Å². The molecule has 0 saturated carbocycles. The number of carbonyl (C=O) groups excluding carboxylic acids is 2. The van der Waals surface area contributed by atoms with E-state index in [4.69, 9.17) is 14.9 Å². The van der Waals surface area contributed by atoms with Gasteiger partial charge in [0.25, 0.3) is 0 Å². The Bertz CT molecular complexity index is 566. The second kappa shape index (κ2) is 10.2. The van der Waals surface area contributed by atoms with E-state index in [1.807, 2.05) is 0 Å². The minimum absolute atomic E-state index is 0.343. The maximum Gasteiger partial charge on any atom is 0.332 e. The van der Waals surface area contributed by atoms with Gasteiger partial charge >= 0.3 is 17.9 Å². The molecular formula is C15H23NO11. The van der Waals surface area contributed by atoms with Gasteiger partial charge in [-0.2, -0.15) is 0 Å². The zero-order valence-corrected chi connectivity index (χ0v) is 14.5. The monoisotopic (exact) mass is 393 g/mol. The van der Waals surface area contributed by atoms with Gasteiger partial charge in [0.05, 0.1) is 25.0 Å².